The third-order valence-corrected chi connectivity index (χ3v) is 3.86. The fourth-order valence-electron chi connectivity index (χ4n) is 2.73. The number of hydrogen-bond acceptors (Lipinski definition) is 3. The average Bonchev–Trinajstić information content (AvgIpc) is 2.36. The van der Waals surface area contributed by atoms with Gasteiger partial charge in [-0.15, -0.1) is 0 Å². The normalized spacial score (nSPS) is 19.2. The van der Waals surface area contributed by atoms with Gasteiger partial charge in [0.15, 0.2) is 17.3 Å². The van der Waals surface area contributed by atoms with Crippen molar-refractivity contribution in [3.05, 3.63) is 23.5 Å². The van der Waals surface area contributed by atoms with Gasteiger partial charge in [0.2, 0.25) is 0 Å². The Labute approximate surface area is 100 Å². The lowest BCUT2D eigenvalue weighted by Crippen LogP contribution is -2.37. The molecule has 3 nitrogen and oxygen atoms in total. The zero-order valence-electron chi connectivity index (χ0n) is 9.75. The number of phenolic OH excluding ortho intramolecular Hbond substituents is 2. The van der Waals surface area contributed by atoms with Crippen molar-refractivity contribution < 1.29 is 14.6 Å². The zero-order valence-corrected chi connectivity index (χ0v) is 9.75. The highest BCUT2D eigenvalue weighted by molar-refractivity contribution is 5.44. The lowest BCUT2D eigenvalue weighted by atomic mass is 9.69. The van der Waals surface area contributed by atoms with Crippen molar-refractivity contribution in [1.82, 2.24) is 0 Å². The summed E-state index contributed by atoms with van der Waals surface area (Å²) in [5, 5.41) is 18.7. The van der Waals surface area contributed by atoms with Gasteiger partial charge in [0.05, 0.1) is 0 Å². The maximum atomic E-state index is 13.5. The number of benzene rings is 1. The Bertz CT molecular complexity index is 391. The molecule has 94 valence electrons. The van der Waals surface area contributed by atoms with E-state index in [0.29, 0.717) is 12.1 Å². The predicted octanol–water partition coefficient (Wildman–Crippen LogP) is 2.40. The van der Waals surface area contributed by atoms with E-state index in [1.165, 1.54) is 18.6 Å². The number of nitrogens with two attached hydrogens (primary N) is 1. The summed E-state index contributed by atoms with van der Waals surface area (Å²) in [7, 11) is 0. The molecule has 0 bridgehead atoms. The van der Waals surface area contributed by atoms with Crippen molar-refractivity contribution in [2.75, 3.05) is 6.54 Å². The van der Waals surface area contributed by atoms with Crippen LogP contribution in [0.4, 0.5) is 4.39 Å². The van der Waals surface area contributed by atoms with E-state index in [1.54, 1.807) is 0 Å². The Morgan fingerprint density at radius 2 is 1.82 bits per heavy atom. The summed E-state index contributed by atoms with van der Waals surface area (Å²) in [5.74, 6) is -1.87. The van der Waals surface area contributed by atoms with Crippen LogP contribution >= 0.6 is 0 Å². The van der Waals surface area contributed by atoms with Crippen molar-refractivity contribution in [3.63, 3.8) is 0 Å². The van der Waals surface area contributed by atoms with Gasteiger partial charge in [0.1, 0.15) is 0 Å². The quantitative estimate of drug-likeness (QED) is 0.694. The van der Waals surface area contributed by atoms with E-state index < -0.39 is 17.3 Å². The highest BCUT2D eigenvalue weighted by atomic mass is 19.1. The van der Waals surface area contributed by atoms with Crippen LogP contribution in [0.1, 0.15) is 37.7 Å². The largest absolute Gasteiger partial charge is 0.504 e. The van der Waals surface area contributed by atoms with Gasteiger partial charge in [0.25, 0.3) is 0 Å². The summed E-state index contributed by atoms with van der Waals surface area (Å²) < 4.78 is 13.5. The molecule has 4 N–H and O–H groups in total. The molecule has 0 radical (unpaired) electrons. The Kier molecular flexibility index (Phi) is 3.24. The minimum atomic E-state index is -0.779. The summed E-state index contributed by atoms with van der Waals surface area (Å²) >= 11 is 0. The van der Waals surface area contributed by atoms with Crippen LogP contribution in [-0.2, 0) is 5.41 Å². The van der Waals surface area contributed by atoms with Crippen LogP contribution in [0.25, 0.3) is 0 Å². The highest BCUT2D eigenvalue weighted by Crippen LogP contribution is 2.42. The zero-order chi connectivity index (χ0) is 12.5. The van der Waals surface area contributed by atoms with Crippen molar-refractivity contribution in [2.24, 2.45) is 5.73 Å². The van der Waals surface area contributed by atoms with Crippen LogP contribution < -0.4 is 5.73 Å². The summed E-state index contributed by atoms with van der Waals surface area (Å²) in [4.78, 5) is 0. The van der Waals surface area contributed by atoms with Gasteiger partial charge in [-0.1, -0.05) is 19.3 Å². The van der Waals surface area contributed by atoms with Crippen LogP contribution in [0.15, 0.2) is 12.1 Å². The summed E-state index contributed by atoms with van der Waals surface area (Å²) in [6.07, 6.45) is 5.13. The molecule has 0 saturated heterocycles. The van der Waals surface area contributed by atoms with E-state index >= 15 is 0 Å². The summed E-state index contributed by atoms with van der Waals surface area (Å²) in [6.45, 7) is 0.441. The van der Waals surface area contributed by atoms with E-state index in [2.05, 4.69) is 0 Å². The van der Waals surface area contributed by atoms with E-state index in [9.17, 15) is 14.6 Å². The van der Waals surface area contributed by atoms with Gasteiger partial charge in [-0.25, -0.2) is 4.39 Å². The lowest BCUT2D eigenvalue weighted by Gasteiger charge is -2.37. The monoisotopic (exact) mass is 239 g/mol. The van der Waals surface area contributed by atoms with Crippen molar-refractivity contribution >= 4 is 0 Å². The predicted molar refractivity (Wildman–Crippen MR) is 63.5 cm³/mol. The van der Waals surface area contributed by atoms with E-state index in [-0.39, 0.29) is 5.41 Å². The van der Waals surface area contributed by atoms with Gasteiger partial charge < -0.3 is 15.9 Å². The maximum absolute atomic E-state index is 13.5. The fraction of sp³-hybridized carbons (Fsp3) is 0.538. The minimum Gasteiger partial charge on any atom is -0.504 e. The molecule has 0 amide bonds. The molecule has 1 saturated carbocycles. The minimum absolute atomic E-state index is 0.246. The highest BCUT2D eigenvalue weighted by Gasteiger charge is 2.33. The summed E-state index contributed by atoms with van der Waals surface area (Å²) in [6, 6.07) is 2.74. The van der Waals surface area contributed by atoms with Crippen LogP contribution in [-0.4, -0.2) is 16.8 Å². The number of aromatic hydroxyl groups is 2. The van der Waals surface area contributed by atoms with Gasteiger partial charge in [0, 0.05) is 12.0 Å². The first kappa shape index (κ1) is 12.2. The first-order valence-electron chi connectivity index (χ1n) is 6.01. The van der Waals surface area contributed by atoms with Gasteiger partial charge in [-0.3, -0.25) is 0 Å². The van der Waals surface area contributed by atoms with Gasteiger partial charge in [-0.2, -0.15) is 0 Å². The average molecular weight is 239 g/mol. The van der Waals surface area contributed by atoms with Crippen molar-refractivity contribution in [2.45, 2.75) is 37.5 Å². The van der Waals surface area contributed by atoms with E-state index in [1.807, 2.05) is 0 Å². The van der Waals surface area contributed by atoms with Crippen LogP contribution in [0, 0.1) is 5.82 Å². The molecule has 1 aliphatic rings. The van der Waals surface area contributed by atoms with Crippen LogP contribution in [0.3, 0.4) is 0 Å². The molecule has 0 aliphatic heterocycles. The van der Waals surface area contributed by atoms with E-state index in [4.69, 9.17) is 5.73 Å². The number of rotatable bonds is 2. The molecular weight excluding hydrogens is 221 g/mol. The Balaban J connectivity index is 2.43. The van der Waals surface area contributed by atoms with Crippen molar-refractivity contribution in [3.8, 4) is 11.5 Å². The van der Waals surface area contributed by atoms with Gasteiger partial charge in [-0.05, 0) is 30.5 Å². The van der Waals surface area contributed by atoms with Crippen LogP contribution in [0.5, 0.6) is 11.5 Å². The fourth-order valence-corrected chi connectivity index (χ4v) is 2.73. The number of halogens is 1. The second-order valence-corrected chi connectivity index (χ2v) is 4.87. The number of phenols is 2. The maximum Gasteiger partial charge on any atom is 0.194 e. The third kappa shape index (κ3) is 2.09. The molecule has 1 aromatic carbocycles. The Hall–Kier alpha value is -1.29. The molecule has 0 unspecified atom stereocenters. The molecule has 17 heavy (non-hydrogen) atoms. The topological polar surface area (TPSA) is 66.5 Å². The second kappa shape index (κ2) is 4.53. The molecule has 1 aromatic rings. The lowest BCUT2D eigenvalue weighted by molar-refractivity contribution is 0.296. The molecule has 1 aliphatic carbocycles. The second-order valence-electron chi connectivity index (χ2n) is 4.87. The van der Waals surface area contributed by atoms with Gasteiger partial charge >= 0.3 is 0 Å². The SMILES string of the molecule is NCC1(c2cc(O)c(O)c(F)c2)CCCCC1. The number of hydrogen-bond donors (Lipinski definition) is 3. The molecule has 0 atom stereocenters. The molecule has 2 rings (SSSR count). The smallest absolute Gasteiger partial charge is 0.194 e. The standard InChI is InChI=1S/C13H18FNO2/c14-10-6-9(7-11(16)12(10)17)13(8-15)4-2-1-3-5-13/h6-7,16-17H,1-5,8,15H2. The molecule has 0 aromatic heterocycles. The van der Waals surface area contributed by atoms with Crippen molar-refractivity contribution in [1.29, 1.82) is 0 Å². The molecular formula is C13H18FNO2. The third-order valence-electron chi connectivity index (χ3n) is 3.86. The van der Waals surface area contributed by atoms with Crippen LogP contribution in [0.2, 0.25) is 0 Å². The molecule has 1 fully saturated rings. The van der Waals surface area contributed by atoms with E-state index in [0.717, 1.165) is 25.7 Å². The summed E-state index contributed by atoms with van der Waals surface area (Å²) in [5.41, 5.74) is 6.30. The molecule has 0 spiro atoms. The Morgan fingerprint density at radius 1 is 1.18 bits per heavy atom. The molecule has 4 heteroatoms. The molecule has 0 heterocycles. The first-order valence-corrected chi connectivity index (χ1v) is 6.01. The first-order chi connectivity index (χ1) is 8.09. The Morgan fingerprint density at radius 3 is 2.35 bits per heavy atom.